The van der Waals surface area contributed by atoms with Crippen molar-refractivity contribution in [2.75, 3.05) is 5.32 Å². The minimum atomic E-state index is -1.02. The quantitative estimate of drug-likeness (QED) is 0.203. The van der Waals surface area contributed by atoms with Crippen molar-refractivity contribution in [1.29, 1.82) is 0 Å². The van der Waals surface area contributed by atoms with Crippen LogP contribution in [-0.2, 0) is 5.41 Å². The largest absolute Gasteiger partial charge is 0.355 e. The van der Waals surface area contributed by atoms with Crippen LogP contribution >= 0.6 is 46.4 Å². The lowest BCUT2D eigenvalue weighted by Crippen LogP contribution is -2.38. The van der Waals surface area contributed by atoms with Crippen molar-refractivity contribution in [3.05, 3.63) is 162 Å². The van der Waals surface area contributed by atoms with E-state index < -0.39 is 5.41 Å². The molecule has 40 heavy (non-hydrogen) atoms. The Morgan fingerprint density at radius 1 is 0.650 bits per heavy atom. The molecule has 0 aromatic heterocycles. The van der Waals surface area contributed by atoms with Gasteiger partial charge in [-0.2, -0.15) is 0 Å². The van der Waals surface area contributed by atoms with Crippen LogP contribution in [0.25, 0.3) is 0 Å². The van der Waals surface area contributed by atoms with Gasteiger partial charge in [0.15, 0.2) is 5.78 Å². The number of aryl methyl sites for hydroxylation is 2. The van der Waals surface area contributed by atoms with E-state index in [0.29, 0.717) is 31.2 Å². The first-order chi connectivity index (χ1) is 19.2. The number of anilines is 2. The van der Waals surface area contributed by atoms with Crippen LogP contribution in [0.1, 0.15) is 49.3 Å². The lowest BCUT2D eigenvalue weighted by molar-refractivity contribution is 0.103. The SMILES string of the molecule is Cc1ccc2c(c1)C(c1ccc(Cl)c(Cl)c1)(c1ccccc1Cl)c1c(ccc(C)c1C(=O)c1ccccc1Cl)N2. The fourth-order valence-electron chi connectivity index (χ4n) is 5.86. The number of nitrogens with one attached hydrogen (secondary N) is 1. The molecule has 1 aliphatic heterocycles. The number of fused-ring (bicyclic) bond motifs is 2. The maximum Gasteiger partial charge on any atom is 0.195 e. The molecule has 1 unspecified atom stereocenters. The minimum Gasteiger partial charge on any atom is -0.355 e. The van der Waals surface area contributed by atoms with Crippen molar-refractivity contribution in [3.63, 3.8) is 0 Å². The van der Waals surface area contributed by atoms with E-state index in [9.17, 15) is 4.79 Å². The number of rotatable bonds is 4. The molecule has 5 aromatic carbocycles. The normalized spacial score (nSPS) is 15.7. The average molecular weight is 603 g/mol. The summed E-state index contributed by atoms with van der Waals surface area (Å²) < 4.78 is 0. The number of hydrogen-bond acceptors (Lipinski definition) is 2. The van der Waals surface area contributed by atoms with Gasteiger partial charge in [0.05, 0.1) is 20.5 Å². The van der Waals surface area contributed by atoms with E-state index in [0.717, 1.165) is 44.8 Å². The third-order valence-electron chi connectivity index (χ3n) is 7.61. The van der Waals surface area contributed by atoms with Gasteiger partial charge in [0.25, 0.3) is 0 Å². The summed E-state index contributed by atoms with van der Waals surface area (Å²) in [7, 11) is 0. The number of ketones is 1. The van der Waals surface area contributed by atoms with Crippen LogP contribution < -0.4 is 5.32 Å². The molecular formula is C34H23Cl4NO. The fourth-order valence-corrected chi connectivity index (χ4v) is 6.66. The summed E-state index contributed by atoms with van der Waals surface area (Å²) in [5.74, 6) is -0.172. The molecule has 0 bridgehead atoms. The fraction of sp³-hybridized carbons (Fsp3) is 0.0882. The van der Waals surface area contributed by atoms with E-state index in [1.165, 1.54) is 0 Å². The van der Waals surface area contributed by atoms with Crippen LogP contribution in [0.4, 0.5) is 11.4 Å². The molecule has 0 amide bonds. The Kier molecular flexibility index (Phi) is 6.92. The number of carbonyl (C=O) groups excluding carboxylic acids is 1. The number of benzene rings is 5. The van der Waals surface area contributed by atoms with E-state index in [1.54, 1.807) is 18.2 Å². The summed E-state index contributed by atoms with van der Waals surface area (Å²) in [5.41, 5.74) is 6.93. The van der Waals surface area contributed by atoms with Crippen molar-refractivity contribution in [1.82, 2.24) is 0 Å². The maximum absolute atomic E-state index is 14.5. The van der Waals surface area contributed by atoms with Crippen molar-refractivity contribution in [2.24, 2.45) is 0 Å². The molecule has 2 nitrogen and oxygen atoms in total. The molecule has 0 fully saturated rings. The Morgan fingerprint density at radius 3 is 2.08 bits per heavy atom. The van der Waals surface area contributed by atoms with Gasteiger partial charge in [-0.3, -0.25) is 4.79 Å². The Hall–Kier alpha value is -3.27. The van der Waals surface area contributed by atoms with Crippen LogP contribution in [0.15, 0.2) is 97.1 Å². The highest BCUT2D eigenvalue weighted by Gasteiger charge is 2.48. The number of halogens is 4. The van der Waals surface area contributed by atoms with Crippen LogP contribution in [0.2, 0.25) is 20.1 Å². The van der Waals surface area contributed by atoms with Crippen LogP contribution in [0.3, 0.4) is 0 Å². The third kappa shape index (κ3) is 4.14. The lowest BCUT2D eigenvalue weighted by atomic mass is 9.60. The van der Waals surface area contributed by atoms with Crippen molar-refractivity contribution in [3.8, 4) is 0 Å². The molecule has 1 aliphatic rings. The molecule has 0 saturated carbocycles. The number of hydrogen-bond donors (Lipinski definition) is 1. The first-order valence-corrected chi connectivity index (χ1v) is 14.3. The molecule has 1 atom stereocenters. The highest BCUT2D eigenvalue weighted by Crippen LogP contribution is 2.57. The third-order valence-corrected chi connectivity index (χ3v) is 9.01. The van der Waals surface area contributed by atoms with Gasteiger partial charge in [-0.25, -0.2) is 0 Å². The molecule has 0 saturated heterocycles. The summed E-state index contributed by atoms with van der Waals surface area (Å²) in [4.78, 5) is 14.5. The summed E-state index contributed by atoms with van der Waals surface area (Å²) in [5, 5.41) is 5.41. The van der Waals surface area contributed by atoms with Crippen LogP contribution in [0.5, 0.6) is 0 Å². The Balaban J connectivity index is 1.85. The molecule has 6 heteroatoms. The van der Waals surface area contributed by atoms with E-state index in [2.05, 4.69) is 23.5 Å². The van der Waals surface area contributed by atoms with Crippen LogP contribution in [-0.4, -0.2) is 5.78 Å². The zero-order valence-corrected chi connectivity index (χ0v) is 24.7. The highest BCUT2D eigenvalue weighted by molar-refractivity contribution is 6.42. The summed E-state index contributed by atoms with van der Waals surface area (Å²) in [6.45, 7) is 4.00. The van der Waals surface area contributed by atoms with Gasteiger partial charge in [-0.05, 0) is 78.6 Å². The van der Waals surface area contributed by atoms with E-state index in [4.69, 9.17) is 46.4 Å². The van der Waals surface area contributed by atoms with Gasteiger partial charge < -0.3 is 5.32 Å². The lowest BCUT2D eigenvalue weighted by Gasteiger charge is -2.44. The van der Waals surface area contributed by atoms with Crippen molar-refractivity contribution >= 4 is 63.6 Å². The summed E-state index contributed by atoms with van der Waals surface area (Å²) in [6, 6.07) is 30.7. The van der Waals surface area contributed by atoms with E-state index >= 15 is 0 Å². The van der Waals surface area contributed by atoms with Gasteiger partial charge in [-0.1, -0.05) is 107 Å². The summed E-state index contributed by atoms with van der Waals surface area (Å²) in [6.07, 6.45) is 0. The molecule has 0 aliphatic carbocycles. The van der Waals surface area contributed by atoms with Crippen molar-refractivity contribution < 1.29 is 4.79 Å². The second kappa shape index (κ2) is 10.3. The monoisotopic (exact) mass is 601 g/mol. The first kappa shape index (κ1) is 26.9. The summed E-state index contributed by atoms with van der Waals surface area (Å²) >= 11 is 26.8. The smallest absolute Gasteiger partial charge is 0.195 e. The topological polar surface area (TPSA) is 29.1 Å². The van der Waals surface area contributed by atoms with Gasteiger partial charge in [0, 0.05) is 33.1 Å². The highest BCUT2D eigenvalue weighted by atomic mass is 35.5. The van der Waals surface area contributed by atoms with Gasteiger partial charge >= 0.3 is 0 Å². The predicted molar refractivity (Wildman–Crippen MR) is 167 cm³/mol. The average Bonchev–Trinajstić information content (AvgIpc) is 2.94. The van der Waals surface area contributed by atoms with Gasteiger partial charge in [-0.15, -0.1) is 0 Å². The first-order valence-electron chi connectivity index (χ1n) is 12.8. The van der Waals surface area contributed by atoms with Gasteiger partial charge in [0.1, 0.15) is 0 Å². The molecular weight excluding hydrogens is 580 g/mol. The zero-order chi connectivity index (χ0) is 28.2. The van der Waals surface area contributed by atoms with Crippen LogP contribution in [0, 0.1) is 13.8 Å². The molecule has 6 rings (SSSR count). The zero-order valence-electron chi connectivity index (χ0n) is 21.7. The maximum atomic E-state index is 14.5. The standard InChI is InChI=1S/C34H23Cl4NO/c1-19-11-15-29-24(17-19)34(23-8-4-6-10-26(23)36,21-13-14-27(37)28(38)18-21)32-30(39-29)16-12-20(2)31(32)33(40)22-7-3-5-9-25(22)35/h3-18,39H,1-2H3. The Labute approximate surface area is 253 Å². The van der Waals surface area contributed by atoms with Crippen molar-refractivity contribution in [2.45, 2.75) is 19.3 Å². The van der Waals surface area contributed by atoms with Gasteiger partial charge in [0.2, 0.25) is 0 Å². The second-order valence-corrected chi connectivity index (χ2v) is 11.7. The molecule has 1 N–H and O–H groups in total. The molecule has 198 valence electrons. The van der Waals surface area contributed by atoms with E-state index in [1.807, 2.05) is 74.5 Å². The molecule has 5 aromatic rings. The molecule has 1 heterocycles. The minimum absolute atomic E-state index is 0.172. The molecule has 0 spiro atoms. The second-order valence-electron chi connectivity index (χ2n) is 10.0. The van der Waals surface area contributed by atoms with E-state index in [-0.39, 0.29) is 5.78 Å². The Morgan fingerprint density at radius 2 is 1.35 bits per heavy atom. The predicted octanol–water partition coefficient (Wildman–Crippen LogP) is 10.6. The molecule has 0 radical (unpaired) electrons. The Bertz CT molecular complexity index is 1830. The number of carbonyl (C=O) groups is 1.